The standard InChI is InChI=1S/C12H18O3/c1-8-7-12(15-10(3)14)9(2)11(8)5-4-6-13/h4-6,8-9,11-12H,7H2,1-3H3/b5-4+/t8-,9-,11?,12+/m1/s1. The molecular formula is C12H18O3. The Morgan fingerprint density at radius 2 is 2.07 bits per heavy atom. The van der Waals surface area contributed by atoms with E-state index in [-0.39, 0.29) is 12.1 Å². The van der Waals surface area contributed by atoms with Gasteiger partial charge in [0.1, 0.15) is 12.4 Å². The van der Waals surface area contributed by atoms with Crippen LogP contribution in [0.4, 0.5) is 0 Å². The molecule has 1 fully saturated rings. The van der Waals surface area contributed by atoms with E-state index in [9.17, 15) is 9.59 Å². The summed E-state index contributed by atoms with van der Waals surface area (Å²) in [5.74, 6) is 0.860. The van der Waals surface area contributed by atoms with Gasteiger partial charge in [-0.1, -0.05) is 19.9 Å². The van der Waals surface area contributed by atoms with Crippen LogP contribution in [0.3, 0.4) is 0 Å². The summed E-state index contributed by atoms with van der Waals surface area (Å²) in [5, 5.41) is 0. The molecule has 0 amide bonds. The molecule has 0 aromatic carbocycles. The van der Waals surface area contributed by atoms with E-state index < -0.39 is 0 Å². The zero-order valence-electron chi connectivity index (χ0n) is 9.47. The second kappa shape index (κ2) is 5.10. The minimum Gasteiger partial charge on any atom is -0.462 e. The summed E-state index contributed by atoms with van der Waals surface area (Å²) in [7, 11) is 0. The van der Waals surface area contributed by atoms with E-state index in [2.05, 4.69) is 13.8 Å². The van der Waals surface area contributed by atoms with E-state index >= 15 is 0 Å². The molecule has 0 aromatic heterocycles. The highest BCUT2D eigenvalue weighted by molar-refractivity contribution is 5.66. The molecule has 0 spiro atoms. The van der Waals surface area contributed by atoms with E-state index in [1.165, 1.54) is 13.0 Å². The van der Waals surface area contributed by atoms with Gasteiger partial charge in [0.2, 0.25) is 0 Å². The van der Waals surface area contributed by atoms with Crippen LogP contribution in [0.2, 0.25) is 0 Å². The first-order chi connectivity index (χ1) is 7.06. The van der Waals surface area contributed by atoms with Crippen LogP contribution in [0.5, 0.6) is 0 Å². The van der Waals surface area contributed by atoms with Gasteiger partial charge in [0, 0.05) is 6.92 Å². The van der Waals surface area contributed by atoms with Crippen molar-refractivity contribution in [3.63, 3.8) is 0 Å². The van der Waals surface area contributed by atoms with Crippen molar-refractivity contribution in [2.45, 2.75) is 33.3 Å². The van der Waals surface area contributed by atoms with Crippen molar-refractivity contribution in [2.24, 2.45) is 17.8 Å². The minimum absolute atomic E-state index is 0.00111. The zero-order chi connectivity index (χ0) is 11.4. The molecule has 0 aliphatic heterocycles. The Bertz CT molecular complexity index is 270. The number of carbonyl (C=O) groups excluding carboxylic acids is 2. The Kier molecular flexibility index (Phi) is 4.06. The summed E-state index contributed by atoms with van der Waals surface area (Å²) in [5.41, 5.74) is 0. The summed E-state index contributed by atoms with van der Waals surface area (Å²) < 4.78 is 5.24. The van der Waals surface area contributed by atoms with Crippen molar-refractivity contribution >= 4 is 12.3 Å². The maximum atomic E-state index is 10.9. The van der Waals surface area contributed by atoms with Crippen molar-refractivity contribution in [3.8, 4) is 0 Å². The lowest BCUT2D eigenvalue weighted by Crippen LogP contribution is -2.21. The maximum absolute atomic E-state index is 10.9. The van der Waals surface area contributed by atoms with Gasteiger partial charge in [-0.05, 0) is 30.3 Å². The fourth-order valence-corrected chi connectivity index (χ4v) is 2.41. The second-order valence-electron chi connectivity index (χ2n) is 4.32. The molecule has 4 atom stereocenters. The summed E-state index contributed by atoms with van der Waals surface area (Å²) in [6.45, 7) is 5.63. The third kappa shape index (κ3) is 2.91. The fourth-order valence-electron chi connectivity index (χ4n) is 2.41. The topological polar surface area (TPSA) is 43.4 Å². The Labute approximate surface area is 90.5 Å². The van der Waals surface area contributed by atoms with Gasteiger partial charge in [-0.15, -0.1) is 0 Å². The monoisotopic (exact) mass is 210 g/mol. The quantitative estimate of drug-likeness (QED) is 0.406. The van der Waals surface area contributed by atoms with Gasteiger partial charge in [0.05, 0.1) is 0 Å². The summed E-state index contributed by atoms with van der Waals surface area (Å²) in [4.78, 5) is 21.1. The summed E-state index contributed by atoms with van der Waals surface area (Å²) in [6.07, 6.45) is 5.13. The number of allylic oxidation sites excluding steroid dienone is 2. The predicted molar refractivity (Wildman–Crippen MR) is 57.2 cm³/mol. The Morgan fingerprint density at radius 3 is 2.60 bits per heavy atom. The molecule has 1 unspecified atom stereocenters. The van der Waals surface area contributed by atoms with Crippen molar-refractivity contribution in [1.82, 2.24) is 0 Å². The number of ether oxygens (including phenoxy) is 1. The van der Waals surface area contributed by atoms with Crippen LogP contribution in [0.25, 0.3) is 0 Å². The number of esters is 1. The van der Waals surface area contributed by atoms with E-state index in [0.717, 1.165) is 12.7 Å². The molecule has 1 aliphatic carbocycles. The van der Waals surface area contributed by atoms with Crippen LogP contribution < -0.4 is 0 Å². The molecule has 0 aromatic rings. The largest absolute Gasteiger partial charge is 0.462 e. The van der Waals surface area contributed by atoms with E-state index in [0.29, 0.717) is 17.8 Å². The highest BCUT2D eigenvalue weighted by atomic mass is 16.5. The van der Waals surface area contributed by atoms with Crippen LogP contribution >= 0.6 is 0 Å². The molecule has 0 radical (unpaired) electrons. The molecule has 0 N–H and O–H groups in total. The van der Waals surface area contributed by atoms with E-state index in [1.54, 1.807) is 0 Å². The zero-order valence-corrected chi connectivity index (χ0v) is 9.47. The molecule has 15 heavy (non-hydrogen) atoms. The normalized spacial score (nSPS) is 35.7. The van der Waals surface area contributed by atoms with Gasteiger partial charge in [-0.3, -0.25) is 9.59 Å². The van der Waals surface area contributed by atoms with Crippen LogP contribution in [0.1, 0.15) is 27.2 Å². The van der Waals surface area contributed by atoms with Gasteiger partial charge in [-0.25, -0.2) is 0 Å². The van der Waals surface area contributed by atoms with Gasteiger partial charge >= 0.3 is 5.97 Å². The minimum atomic E-state index is -0.223. The average Bonchev–Trinajstić information content (AvgIpc) is 2.39. The first-order valence-corrected chi connectivity index (χ1v) is 5.35. The molecule has 1 aliphatic rings. The van der Waals surface area contributed by atoms with Crippen molar-refractivity contribution in [2.75, 3.05) is 0 Å². The third-order valence-electron chi connectivity index (χ3n) is 3.18. The number of aldehydes is 1. The van der Waals surface area contributed by atoms with Crippen LogP contribution in [0.15, 0.2) is 12.2 Å². The molecule has 1 rings (SSSR count). The Morgan fingerprint density at radius 1 is 1.40 bits per heavy atom. The Balaban J connectivity index is 2.65. The predicted octanol–water partition coefficient (Wildman–Crippen LogP) is 1.97. The number of hydrogen-bond donors (Lipinski definition) is 0. The summed E-state index contributed by atoms with van der Waals surface area (Å²) in [6, 6.07) is 0. The van der Waals surface area contributed by atoms with Crippen LogP contribution in [-0.2, 0) is 14.3 Å². The SMILES string of the molecule is CC(=O)O[C@H]1C[C@@H](C)C(/C=C/C=O)[C@H]1C. The number of rotatable bonds is 3. The summed E-state index contributed by atoms with van der Waals surface area (Å²) >= 11 is 0. The second-order valence-corrected chi connectivity index (χ2v) is 4.32. The van der Waals surface area contributed by atoms with Gasteiger partial charge < -0.3 is 4.74 Å². The molecular weight excluding hydrogens is 192 g/mol. The molecule has 0 heterocycles. The van der Waals surface area contributed by atoms with Gasteiger partial charge in [0.25, 0.3) is 0 Å². The lowest BCUT2D eigenvalue weighted by Gasteiger charge is -2.18. The van der Waals surface area contributed by atoms with Crippen molar-refractivity contribution in [3.05, 3.63) is 12.2 Å². The number of carbonyl (C=O) groups is 2. The molecule has 0 saturated heterocycles. The van der Waals surface area contributed by atoms with E-state index in [4.69, 9.17) is 4.74 Å². The molecule has 3 nitrogen and oxygen atoms in total. The van der Waals surface area contributed by atoms with Crippen LogP contribution in [0, 0.1) is 17.8 Å². The lowest BCUT2D eigenvalue weighted by molar-refractivity contribution is -0.148. The smallest absolute Gasteiger partial charge is 0.302 e. The van der Waals surface area contributed by atoms with Crippen molar-refractivity contribution in [1.29, 1.82) is 0 Å². The van der Waals surface area contributed by atoms with Gasteiger partial charge in [0.15, 0.2) is 0 Å². The molecule has 3 heteroatoms. The lowest BCUT2D eigenvalue weighted by atomic mass is 9.91. The number of hydrogen-bond acceptors (Lipinski definition) is 3. The van der Waals surface area contributed by atoms with Crippen LogP contribution in [-0.4, -0.2) is 18.4 Å². The molecule has 1 saturated carbocycles. The Hall–Kier alpha value is -1.12. The first-order valence-electron chi connectivity index (χ1n) is 5.35. The molecule has 0 bridgehead atoms. The highest BCUT2D eigenvalue weighted by Crippen LogP contribution is 2.39. The highest BCUT2D eigenvalue weighted by Gasteiger charge is 2.38. The fraction of sp³-hybridized carbons (Fsp3) is 0.667. The van der Waals surface area contributed by atoms with Gasteiger partial charge in [-0.2, -0.15) is 0 Å². The average molecular weight is 210 g/mol. The van der Waals surface area contributed by atoms with E-state index in [1.807, 2.05) is 6.08 Å². The first kappa shape index (κ1) is 12.0. The van der Waals surface area contributed by atoms with Crippen molar-refractivity contribution < 1.29 is 14.3 Å². The maximum Gasteiger partial charge on any atom is 0.302 e. The third-order valence-corrected chi connectivity index (χ3v) is 3.18. The molecule has 84 valence electrons.